The van der Waals surface area contributed by atoms with Gasteiger partial charge in [-0.1, -0.05) is 0 Å². The molecule has 2 N–H and O–H groups in total. The van der Waals surface area contributed by atoms with Gasteiger partial charge in [-0.2, -0.15) is 0 Å². The standard InChI is InChI=1S/C8H13N3O/c1-12-4-6-3-10-5-11(6)8-2-7(8)9/h3,5,7-8H,2,4,9H2,1H3. The predicted molar refractivity (Wildman–Crippen MR) is 44.6 cm³/mol. The molecule has 1 fully saturated rings. The van der Waals surface area contributed by atoms with Gasteiger partial charge < -0.3 is 15.0 Å². The average molecular weight is 167 g/mol. The van der Waals surface area contributed by atoms with E-state index in [0.29, 0.717) is 18.7 Å². The van der Waals surface area contributed by atoms with E-state index >= 15 is 0 Å². The van der Waals surface area contributed by atoms with Gasteiger partial charge in [0.15, 0.2) is 0 Å². The second kappa shape index (κ2) is 2.88. The summed E-state index contributed by atoms with van der Waals surface area (Å²) < 4.78 is 7.14. The smallest absolute Gasteiger partial charge is 0.0952 e. The first-order valence-corrected chi connectivity index (χ1v) is 4.08. The normalized spacial score (nSPS) is 27.5. The Labute approximate surface area is 71.3 Å². The number of hydrogen-bond acceptors (Lipinski definition) is 3. The maximum Gasteiger partial charge on any atom is 0.0952 e. The first-order valence-electron chi connectivity index (χ1n) is 4.08. The van der Waals surface area contributed by atoms with Crippen molar-refractivity contribution >= 4 is 0 Å². The third kappa shape index (κ3) is 1.23. The molecule has 1 saturated carbocycles. The Morgan fingerprint density at radius 3 is 3.17 bits per heavy atom. The van der Waals surface area contributed by atoms with Gasteiger partial charge in [-0.3, -0.25) is 0 Å². The minimum atomic E-state index is 0.315. The molecule has 1 aliphatic rings. The van der Waals surface area contributed by atoms with E-state index < -0.39 is 0 Å². The summed E-state index contributed by atoms with van der Waals surface area (Å²) >= 11 is 0. The maximum atomic E-state index is 5.73. The number of nitrogens with two attached hydrogens (primary N) is 1. The lowest BCUT2D eigenvalue weighted by Crippen LogP contribution is -2.08. The average Bonchev–Trinajstić information content (AvgIpc) is 2.62. The van der Waals surface area contributed by atoms with Crippen LogP contribution in [0.2, 0.25) is 0 Å². The van der Waals surface area contributed by atoms with Gasteiger partial charge in [0.25, 0.3) is 0 Å². The molecule has 2 atom stereocenters. The van der Waals surface area contributed by atoms with Crippen molar-refractivity contribution in [3.63, 3.8) is 0 Å². The van der Waals surface area contributed by atoms with Crippen LogP contribution in [-0.2, 0) is 11.3 Å². The zero-order valence-corrected chi connectivity index (χ0v) is 7.10. The van der Waals surface area contributed by atoms with Crippen molar-refractivity contribution in [3.8, 4) is 0 Å². The lowest BCUT2D eigenvalue weighted by molar-refractivity contribution is 0.178. The number of rotatable bonds is 3. The Bertz CT molecular complexity index is 271. The number of ether oxygens (including phenoxy) is 1. The molecule has 4 nitrogen and oxygen atoms in total. The zero-order chi connectivity index (χ0) is 8.55. The molecule has 1 aliphatic carbocycles. The molecule has 0 radical (unpaired) electrons. The van der Waals surface area contributed by atoms with Gasteiger partial charge in [0.1, 0.15) is 0 Å². The summed E-state index contributed by atoms with van der Waals surface area (Å²) in [4.78, 5) is 4.06. The number of hydrogen-bond donors (Lipinski definition) is 1. The van der Waals surface area contributed by atoms with Crippen LogP contribution < -0.4 is 5.73 Å². The molecule has 2 rings (SSSR count). The Hall–Kier alpha value is -0.870. The maximum absolute atomic E-state index is 5.73. The molecule has 1 aromatic heterocycles. The van der Waals surface area contributed by atoms with E-state index in [1.165, 1.54) is 0 Å². The van der Waals surface area contributed by atoms with Crippen molar-refractivity contribution in [3.05, 3.63) is 18.2 Å². The summed E-state index contributed by atoms with van der Waals surface area (Å²) in [7, 11) is 1.68. The highest BCUT2D eigenvalue weighted by atomic mass is 16.5. The second-order valence-electron chi connectivity index (χ2n) is 3.19. The molecule has 1 heterocycles. The van der Waals surface area contributed by atoms with Crippen LogP contribution in [0.15, 0.2) is 12.5 Å². The fraction of sp³-hybridized carbons (Fsp3) is 0.625. The van der Waals surface area contributed by atoms with Crippen LogP contribution in [-0.4, -0.2) is 22.7 Å². The third-order valence-electron chi connectivity index (χ3n) is 2.20. The Morgan fingerprint density at radius 1 is 1.83 bits per heavy atom. The summed E-state index contributed by atoms with van der Waals surface area (Å²) in [6.07, 6.45) is 4.72. The molecule has 0 bridgehead atoms. The highest BCUT2D eigenvalue weighted by molar-refractivity contribution is 5.06. The van der Waals surface area contributed by atoms with Crippen molar-refractivity contribution in [1.29, 1.82) is 0 Å². The largest absolute Gasteiger partial charge is 0.378 e. The monoisotopic (exact) mass is 167 g/mol. The highest BCUT2D eigenvalue weighted by Gasteiger charge is 2.35. The van der Waals surface area contributed by atoms with Gasteiger partial charge in [0.2, 0.25) is 0 Å². The number of methoxy groups -OCH3 is 1. The van der Waals surface area contributed by atoms with Crippen LogP contribution in [0.4, 0.5) is 0 Å². The third-order valence-corrected chi connectivity index (χ3v) is 2.20. The molecule has 0 saturated heterocycles. The van der Waals surface area contributed by atoms with Crippen molar-refractivity contribution in [1.82, 2.24) is 9.55 Å². The zero-order valence-electron chi connectivity index (χ0n) is 7.10. The van der Waals surface area contributed by atoms with E-state index in [-0.39, 0.29) is 0 Å². The fourth-order valence-electron chi connectivity index (χ4n) is 1.41. The predicted octanol–water partition coefficient (Wildman–Crippen LogP) is 0.302. The highest BCUT2D eigenvalue weighted by Crippen LogP contribution is 2.34. The topological polar surface area (TPSA) is 53.1 Å². The second-order valence-corrected chi connectivity index (χ2v) is 3.19. The van der Waals surface area contributed by atoms with Gasteiger partial charge in [-0.15, -0.1) is 0 Å². The number of imidazole rings is 1. The van der Waals surface area contributed by atoms with Gasteiger partial charge in [-0.25, -0.2) is 4.98 Å². The van der Waals surface area contributed by atoms with E-state index in [9.17, 15) is 0 Å². The lowest BCUT2D eigenvalue weighted by Gasteiger charge is -2.04. The molecule has 66 valence electrons. The van der Waals surface area contributed by atoms with Crippen LogP contribution in [0.25, 0.3) is 0 Å². The SMILES string of the molecule is COCc1cncn1C1CC1N. The molecular weight excluding hydrogens is 154 g/mol. The molecule has 0 spiro atoms. The van der Waals surface area contributed by atoms with Crippen LogP contribution in [0.5, 0.6) is 0 Å². The molecule has 2 unspecified atom stereocenters. The van der Waals surface area contributed by atoms with Gasteiger partial charge >= 0.3 is 0 Å². The van der Waals surface area contributed by atoms with Crippen LogP contribution in [0.3, 0.4) is 0 Å². The first kappa shape index (κ1) is 7.76. The Morgan fingerprint density at radius 2 is 2.58 bits per heavy atom. The molecule has 1 aromatic rings. The van der Waals surface area contributed by atoms with E-state index in [4.69, 9.17) is 10.5 Å². The molecule has 0 aliphatic heterocycles. The van der Waals surface area contributed by atoms with Crippen LogP contribution in [0.1, 0.15) is 18.2 Å². The van der Waals surface area contributed by atoms with E-state index in [2.05, 4.69) is 9.55 Å². The van der Waals surface area contributed by atoms with Crippen molar-refractivity contribution in [2.75, 3.05) is 7.11 Å². The van der Waals surface area contributed by atoms with Crippen molar-refractivity contribution in [2.24, 2.45) is 5.73 Å². The quantitative estimate of drug-likeness (QED) is 0.704. The summed E-state index contributed by atoms with van der Waals surface area (Å²) in [5, 5.41) is 0. The van der Waals surface area contributed by atoms with Gasteiger partial charge in [0.05, 0.1) is 30.9 Å². The molecule has 12 heavy (non-hydrogen) atoms. The number of nitrogens with zero attached hydrogens (tertiary/aromatic N) is 2. The minimum absolute atomic E-state index is 0.315. The Balaban J connectivity index is 2.14. The summed E-state index contributed by atoms with van der Waals surface area (Å²) in [5.41, 5.74) is 6.84. The van der Waals surface area contributed by atoms with Crippen molar-refractivity contribution < 1.29 is 4.74 Å². The summed E-state index contributed by atoms with van der Waals surface area (Å²) in [5.74, 6) is 0. The molecule has 0 aromatic carbocycles. The minimum Gasteiger partial charge on any atom is -0.378 e. The first-order chi connectivity index (χ1) is 5.83. The molecule has 0 amide bonds. The summed E-state index contributed by atoms with van der Waals surface area (Å²) in [6.45, 7) is 0.614. The lowest BCUT2D eigenvalue weighted by atomic mass is 10.4. The van der Waals surface area contributed by atoms with Gasteiger partial charge in [0, 0.05) is 13.2 Å². The fourth-order valence-corrected chi connectivity index (χ4v) is 1.41. The van der Waals surface area contributed by atoms with E-state index in [1.54, 1.807) is 7.11 Å². The van der Waals surface area contributed by atoms with Crippen LogP contribution >= 0.6 is 0 Å². The van der Waals surface area contributed by atoms with E-state index in [0.717, 1.165) is 12.1 Å². The van der Waals surface area contributed by atoms with Crippen LogP contribution in [0, 0.1) is 0 Å². The Kier molecular flexibility index (Phi) is 1.86. The molecule has 4 heteroatoms. The number of aromatic nitrogens is 2. The van der Waals surface area contributed by atoms with Gasteiger partial charge in [-0.05, 0) is 6.42 Å². The van der Waals surface area contributed by atoms with E-state index in [1.807, 2.05) is 12.5 Å². The summed E-state index contributed by atoms with van der Waals surface area (Å²) in [6, 6.07) is 0.771. The van der Waals surface area contributed by atoms with Crippen molar-refractivity contribution in [2.45, 2.75) is 25.1 Å². The molecular formula is C8H13N3O.